The van der Waals surface area contributed by atoms with Crippen molar-refractivity contribution in [3.05, 3.63) is 75.0 Å². The molecule has 0 fully saturated rings. The highest BCUT2D eigenvalue weighted by Gasteiger charge is 2.30. The van der Waals surface area contributed by atoms with Crippen LogP contribution in [-0.4, -0.2) is 21.8 Å². The zero-order chi connectivity index (χ0) is 26.2. The molecule has 0 atom stereocenters. The Morgan fingerprint density at radius 3 is 2.53 bits per heavy atom. The van der Waals surface area contributed by atoms with Gasteiger partial charge in [-0.25, -0.2) is 9.97 Å². The topological polar surface area (TPSA) is 107 Å². The Labute approximate surface area is 217 Å². The molecule has 4 rings (SSSR count). The molecule has 1 heterocycles. The summed E-state index contributed by atoms with van der Waals surface area (Å²) in [6.45, 7) is 3.09. The SMILES string of the molecule is CC(=O)Oc1c(-c2cc(C(=O)Nc3cccc(C(F)(F)F)c3)ccc2C)cc2cnc(N)nc2c1I. The number of nitrogens with two attached hydrogens (primary N) is 1. The first-order chi connectivity index (χ1) is 16.9. The van der Waals surface area contributed by atoms with Gasteiger partial charge in [0.15, 0.2) is 5.75 Å². The molecule has 0 saturated carbocycles. The summed E-state index contributed by atoms with van der Waals surface area (Å²) >= 11 is 2.01. The van der Waals surface area contributed by atoms with Gasteiger partial charge in [-0.15, -0.1) is 0 Å². The zero-order valence-corrected chi connectivity index (χ0v) is 21.1. The average molecular weight is 606 g/mol. The third kappa shape index (κ3) is 5.25. The monoisotopic (exact) mass is 606 g/mol. The molecule has 0 aliphatic carbocycles. The van der Waals surface area contributed by atoms with E-state index in [2.05, 4.69) is 15.3 Å². The van der Waals surface area contributed by atoms with Crippen LogP contribution in [-0.2, 0) is 11.0 Å². The highest BCUT2D eigenvalue weighted by Crippen LogP contribution is 2.40. The highest BCUT2D eigenvalue weighted by atomic mass is 127. The Morgan fingerprint density at radius 1 is 1.08 bits per heavy atom. The Morgan fingerprint density at radius 2 is 1.83 bits per heavy atom. The van der Waals surface area contributed by atoms with Gasteiger partial charge in [0.05, 0.1) is 14.7 Å². The molecule has 1 amide bonds. The molecule has 36 heavy (non-hydrogen) atoms. The Kier molecular flexibility index (Phi) is 6.85. The largest absolute Gasteiger partial charge is 0.425 e. The molecule has 184 valence electrons. The molecule has 0 unspecified atom stereocenters. The third-order valence-corrected chi connectivity index (χ3v) is 6.27. The summed E-state index contributed by atoms with van der Waals surface area (Å²) in [6.07, 6.45) is -2.99. The number of carbonyl (C=O) groups is 2. The van der Waals surface area contributed by atoms with Crippen molar-refractivity contribution in [2.24, 2.45) is 0 Å². The number of alkyl halides is 3. The van der Waals surface area contributed by atoms with E-state index in [1.165, 1.54) is 19.1 Å². The van der Waals surface area contributed by atoms with Gasteiger partial charge in [-0.1, -0.05) is 12.1 Å². The molecule has 11 heteroatoms. The van der Waals surface area contributed by atoms with Gasteiger partial charge in [0.2, 0.25) is 5.95 Å². The third-order valence-electron chi connectivity index (χ3n) is 5.27. The molecule has 0 aliphatic rings. The van der Waals surface area contributed by atoms with E-state index in [4.69, 9.17) is 10.5 Å². The van der Waals surface area contributed by atoms with Crippen molar-refractivity contribution in [1.82, 2.24) is 9.97 Å². The van der Waals surface area contributed by atoms with Crippen LogP contribution in [0.4, 0.5) is 24.8 Å². The van der Waals surface area contributed by atoms with E-state index in [-0.39, 0.29) is 22.9 Å². The Balaban J connectivity index is 1.79. The predicted molar refractivity (Wildman–Crippen MR) is 138 cm³/mol. The van der Waals surface area contributed by atoms with Gasteiger partial charge >= 0.3 is 12.1 Å². The maximum absolute atomic E-state index is 13.0. The van der Waals surface area contributed by atoms with E-state index in [1.54, 1.807) is 30.5 Å². The van der Waals surface area contributed by atoms with Gasteiger partial charge in [-0.2, -0.15) is 13.2 Å². The standard InChI is InChI=1S/C25H18F3IN4O3/c1-12-6-7-14(23(35)32-17-5-3-4-16(10-17)25(26,27)28)8-18(12)19-9-15-11-31-24(30)33-21(15)20(29)22(19)36-13(2)34/h3-11H,1-2H3,(H,32,35)(H2,30,31,33). The second kappa shape index (κ2) is 9.72. The number of nitrogens with zero attached hydrogens (tertiary/aromatic N) is 2. The second-order valence-corrected chi connectivity index (χ2v) is 8.97. The van der Waals surface area contributed by atoms with Gasteiger partial charge in [0.25, 0.3) is 5.91 Å². The number of esters is 1. The van der Waals surface area contributed by atoms with Crippen molar-refractivity contribution in [2.75, 3.05) is 11.1 Å². The van der Waals surface area contributed by atoms with Crippen LogP contribution in [0.3, 0.4) is 0 Å². The van der Waals surface area contributed by atoms with Crippen LogP contribution >= 0.6 is 22.6 Å². The van der Waals surface area contributed by atoms with Crippen LogP contribution in [0.2, 0.25) is 0 Å². The Bertz CT molecular complexity index is 1520. The van der Waals surface area contributed by atoms with E-state index in [9.17, 15) is 22.8 Å². The number of ether oxygens (including phenoxy) is 1. The van der Waals surface area contributed by atoms with Crippen molar-refractivity contribution in [3.63, 3.8) is 0 Å². The van der Waals surface area contributed by atoms with Crippen molar-refractivity contribution in [1.29, 1.82) is 0 Å². The van der Waals surface area contributed by atoms with E-state index in [0.717, 1.165) is 17.7 Å². The van der Waals surface area contributed by atoms with E-state index in [1.807, 2.05) is 29.5 Å². The van der Waals surface area contributed by atoms with Crippen molar-refractivity contribution in [2.45, 2.75) is 20.0 Å². The van der Waals surface area contributed by atoms with Gasteiger partial charge in [-0.05, 0) is 77.0 Å². The first-order valence-corrected chi connectivity index (χ1v) is 11.5. The smallest absolute Gasteiger partial charge is 0.416 e. The molecule has 0 bridgehead atoms. The molecule has 0 aliphatic heterocycles. The molecule has 4 aromatic rings. The van der Waals surface area contributed by atoms with Crippen LogP contribution in [0.15, 0.2) is 54.7 Å². The van der Waals surface area contributed by atoms with Crippen molar-refractivity contribution < 1.29 is 27.5 Å². The number of nitrogens with one attached hydrogen (secondary N) is 1. The maximum atomic E-state index is 13.0. The number of benzene rings is 3. The lowest BCUT2D eigenvalue weighted by Crippen LogP contribution is -2.13. The maximum Gasteiger partial charge on any atom is 0.416 e. The zero-order valence-electron chi connectivity index (χ0n) is 18.9. The molecule has 7 nitrogen and oxygen atoms in total. The lowest BCUT2D eigenvalue weighted by atomic mass is 9.96. The molecule has 3 N–H and O–H groups in total. The van der Waals surface area contributed by atoms with Gasteiger partial charge in [0.1, 0.15) is 0 Å². The minimum absolute atomic E-state index is 0.00698. The molecular weight excluding hydrogens is 588 g/mol. The molecule has 0 spiro atoms. The summed E-state index contributed by atoms with van der Waals surface area (Å²) in [6, 6.07) is 11.0. The summed E-state index contributed by atoms with van der Waals surface area (Å²) in [7, 11) is 0. The summed E-state index contributed by atoms with van der Waals surface area (Å²) in [5.74, 6) is -0.846. The molecule has 1 aromatic heterocycles. The highest BCUT2D eigenvalue weighted by molar-refractivity contribution is 14.1. The lowest BCUT2D eigenvalue weighted by Gasteiger charge is -2.16. The second-order valence-electron chi connectivity index (χ2n) is 7.89. The number of halogens is 4. The van der Waals surface area contributed by atoms with Crippen LogP contribution in [0.5, 0.6) is 5.75 Å². The predicted octanol–water partition coefficient (Wildman–Crippen LogP) is 5.99. The fraction of sp³-hybridized carbons (Fsp3) is 0.120. The van der Waals surface area contributed by atoms with Crippen molar-refractivity contribution >= 4 is 57.0 Å². The van der Waals surface area contributed by atoms with E-state index < -0.39 is 23.6 Å². The van der Waals surface area contributed by atoms with Gasteiger partial charge < -0.3 is 15.8 Å². The number of fused-ring (bicyclic) bond motifs is 1. The molecule has 0 saturated heterocycles. The number of rotatable bonds is 4. The number of hydrogen-bond acceptors (Lipinski definition) is 6. The summed E-state index contributed by atoms with van der Waals surface area (Å²) < 4.78 is 45.2. The summed E-state index contributed by atoms with van der Waals surface area (Å²) in [5.41, 5.74) is 7.43. The van der Waals surface area contributed by atoms with Crippen LogP contribution in [0.25, 0.3) is 22.0 Å². The van der Waals surface area contributed by atoms with Gasteiger partial charge in [-0.3, -0.25) is 9.59 Å². The minimum Gasteiger partial charge on any atom is -0.425 e. The minimum atomic E-state index is -4.54. The first-order valence-electron chi connectivity index (χ1n) is 10.5. The number of aryl methyl sites for hydroxylation is 1. The summed E-state index contributed by atoms with van der Waals surface area (Å²) in [4.78, 5) is 33.1. The lowest BCUT2D eigenvalue weighted by molar-refractivity contribution is -0.137. The fourth-order valence-electron chi connectivity index (χ4n) is 3.61. The molecule has 3 aromatic carbocycles. The van der Waals surface area contributed by atoms with Crippen LogP contribution in [0, 0.1) is 10.5 Å². The normalized spacial score (nSPS) is 11.4. The summed E-state index contributed by atoms with van der Waals surface area (Å²) in [5, 5.41) is 3.14. The molecule has 0 radical (unpaired) electrons. The molecular formula is C25H18F3IN4O3. The number of nitrogen functional groups attached to an aromatic ring is 1. The Hall–Kier alpha value is -3.74. The van der Waals surface area contributed by atoms with Crippen LogP contribution < -0.4 is 15.8 Å². The number of hydrogen-bond donors (Lipinski definition) is 2. The average Bonchev–Trinajstić information content (AvgIpc) is 2.81. The van der Waals surface area contributed by atoms with E-state index in [0.29, 0.717) is 25.6 Å². The van der Waals surface area contributed by atoms with Gasteiger partial charge in [0, 0.05) is 35.3 Å². The fourth-order valence-corrected chi connectivity index (χ4v) is 4.44. The number of aromatic nitrogens is 2. The van der Waals surface area contributed by atoms with Crippen LogP contribution in [0.1, 0.15) is 28.4 Å². The number of amides is 1. The van der Waals surface area contributed by atoms with E-state index >= 15 is 0 Å². The first kappa shape index (κ1) is 25.4. The van der Waals surface area contributed by atoms with Crippen molar-refractivity contribution in [3.8, 4) is 16.9 Å². The number of carbonyl (C=O) groups excluding carboxylic acids is 2. The quantitative estimate of drug-likeness (QED) is 0.168. The number of anilines is 2.